The van der Waals surface area contributed by atoms with Gasteiger partial charge in [-0.2, -0.15) is 0 Å². The van der Waals surface area contributed by atoms with Crippen LogP contribution < -0.4 is 9.47 Å². The molecule has 0 unspecified atom stereocenters. The molecule has 2 rings (SSSR count). The molecule has 2 aromatic rings. The van der Waals surface area contributed by atoms with Crippen molar-refractivity contribution < 1.29 is 23.4 Å². The van der Waals surface area contributed by atoms with Gasteiger partial charge in [0.25, 0.3) is 0 Å². The monoisotopic (exact) mass is 288 g/mol. The van der Waals surface area contributed by atoms with Crippen LogP contribution in [0.1, 0.15) is 11.3 Å². The number of ether oxygens (including phenoxy) is 3. The Morgan fingerprint density at radius 3 is 2.67 bits per heavy atom. The second-order valence-electron chi connectivity index (χ2n) is 4.15. The minimum absolute atomic E-state index is 0.154. The van der Waals surface area contributed by atoms with Crippen LogP contribution in [0.25, 0.3) is 6.08 Å². The molecule has 5 nitrogen and oxygen atoms in total. The summed E-state index contributed by atoms with van der Waals surface area (Å²) in [6.45, 7) is 0.154. The molecule has 5 heteroatoms. The standard InChI is InChI=1S/C16H16O5/c1-18-14-7-5-12(10-15(14)19-2)11-21-16(17)8-6-13-4-3-9-20-13/h3-10H,11H2,1-2H3/b8-6+. The second kappa shape index (κ2) is 7.19. The van der Waals surface area contributed by atoms with Gasteiger partial charge in [0.2, 0.25) is 0 Å². The summed E-state index contributed by atoms with van der Waals surface area (Å²) in [6.07, 6.45) is 4.41. The second-order valence-corrected chi connectivity index (χ2v) is 4.15. The van der Waals surface area contributed by atoms with E-state index in [1.54, 1.807) is 44.6 Å². The van der Waals surface area contributed by atoms with Gasteiger partial charge in [-0.25, -0.2) is 4.79 Å². The molecule has 0 aliphatic carbocycles. The molecule has 0 radical (unpaired) electrons. The van der Waals surface area contributed by atoms with Crippen LogP contribution in [-0.4, -0.2) is 20.2 Å². The molecule has 1 aromatic heterocycles. The predicted octanol–water partition coefficient (Wildman–Crippen LogP) is 3.05. The number of carbonyl (C=O) groups excluding carboxylic acids is 1. The number of esters is 1. The lowest BCUT2D eigenvalue weighted by Crippen LogP contribution is -2.01. The molecule has 1 aromatic carbocycles. The fraction of sp³-hybridized carbons (Fsp3) is 0.188. The summed E-state index contributed by atoms with van der Waals surface area (Å²) in [5.41, 5.74) is 0.812. The first kappa shape index (κ1) is 14.7. The minimum atomic E-state index is -0.443. The lowest BCUT2D eigenvalue weighted by molar-refractivity contribution is -0.138. The Hall–Kier alpha value is -2.69. The Balaban J connectivity index is 1.92. The maximum atomic E-state index is 11.6. The van der Waals surface area contributed by atoms with Gasteiger partial charge in [0, 0.05) is 6.08 Å². The molecular formula is C16H16O5. The number of furan rings is 1. The van der Waals surface area contributed by atoms with Crippen molar-refractivity contribution in [1.82, 2.24) is 0 Å². The van der Waals surface area contributed by atoms with Crippen molar-refractivity contribution in [2.24, 2.45) is 0 Å². The van der Waals surface area contributed by atoms with Crippen molar-refractivity contribution in [3.05, 3.63) is 54.0 Å². The van der Waals surface area contributed by atoms with E-state index in [4.69, 9.17) is 18.6 Å². The van der Waals surface area contributed by atoms with E-state index in [0.717, 1.165) is 5.56 Å². The molecule has 110 valence electrons. The lowest BCUT2D eigenvalue weighted by Gasteiger charge is -2.09. The molecular weight excluding hydrogens is 272 g/mol. The van der Waals surface area contributed by atoms with Gasteiger partial charge in [-0.3, -0.25) is 0 Å². The predicted molar refractivity (Wildman–Crippen MR) is 77.1 cm³/mol. The normalized spacial score (nSPS) is 10.6. The summed E-state index contributed by atoms with van der Waals surface area (Å²) >= 11 is 0. The first-order valence-electron chi connectivity index (χ1n) is 6.32. The third-order valence-electron chi connectivity index (χ3n) is 2.76. The topological polar surface area (TPSA) is 57.9 Å². The average molecular weight is 288 g/mol. The van der Waals surface area contributed by atoms with Crippen LogP contribution in [0.4, 0.5) is 0 Å². The Morgan fingerprint density at radius 2 is 2.00 bits per heavy atom. The summed E-state index contributed by atoms with van der Waals surface area (Å²) in [4.78, 5) is 11.6. The number of benzene rings is 1. The Bertz CT molecular complexity index is 614. The van der Waals surface area contributed by atoms with Gasteiger partial charge in [-0.1, -0.05) is 6.07 Å². The van der Waals surface area contributed by atoms with E-state index in [9.17, 15) is 4.79 Å². The van der Waals surface area contributed by atoms with Crippen LogP contribution in [0.2, 0.25) is 0 Å². The molecule has 0 spiro atoms. The van der Waals surface area contributed by atoms with Crippen LogP contribution in [-0.2, 0) is 16.1 Å². The van der Waals surface area contributed by atoms with Crippen molar-refractivity contribution in [2.45, 2.75) is 6.61 Å². The average Bonchev–Trinajstić information content (AvgIpc) is 3.04. The zero-order valence-electron chi connectivity index (χ0n) is 11.9. The molecule has 0 aliphatic heterocycles. The van der Waals surface area contributed by atoms with E-state index < -0.39 is 5.97 Å². The van der Waals surface area contributed by atoms with E-state index in [1.165, 1.54) is 12.3 Å². The SMILES string of the molecule is COc1ccc(COC(=O)/C=C/c2ccco2)cc1OC. The van der Waals surface area contributed by atoms with Crippen molar-refractivity contribution >= 4 is 12.0 Å². The first-order chi connectivity index (χ1) is 10.2. The third kappa shape index (κ3) is 4.14. The van der Waals surface area contributed by atoms with Gasteiger partial charge in [0.1, 0.15) is 12.4 Å². The highest BCUT2D eigenvalue weighted by Gasteiger charge is 2.06. The highest BCUT2D eigenvalue weighted by molar-refractivity contribution is 5.86. The lowest BCUT2D eigenvalue weighted by atomic mass is 10.2. The van der Waals surface area contributed by atoms with E-state index >= 15 is 0 Å². The fourth-order valence-electron chi connectivity index (χ4n) is 1.71. The first-order valence-corrected chi connectivity index (χ1v) is 6.32. The molecule has 0 saturated carbocycles. The van der Waals surface area contributed by atoms with Gasteiger partial charge in [0.15, 0.2) is 11.5 Å². The molecule has 0 atom stereocenters. The van der Waals surface area contributed by atoms with Crippen molar-refractivity contribution in [2.75, 3.05) is 14.2 Å². The van der Waals surface area contributed by atoms with Gasteiger partial charge in [-0.15, -0.1) is 0 Å². The zero-order valence-corrected chi connectivity index (χ0v) is 11.9. The van der Waals surface area contributed by atoms with Crippen LogP contribution >= 0.6 is 0 Å². The highest BCUT2D eigenvalue weighted by atomic mass is 16.5. The number of methoxy groups -OCH3 is 2. The maximum Gasteiger partial charge on any atom is 0.331 e. The minimum Gasteiger partial charge on any atom is -0.493 e. The van der Waals surface area contributed by atoms with Crippen molar-refractivity contribution in [3.8, 4) is 11.5 Å². The van der Waals surface area contributed by atoms with Crippen LogP contribution in [0.3, 0.4) is 0 Å². The largest absolute Gasteiger partial charge is 0.493 e. The fourth-order valence-corrected chi connectivity index (χ4v) is 1.71. The molecule has 0 saturated heterocycles. The van der Waals surface area contributed by atoms with Crippen LogP contribution in [0, 0.1) is 0 Å². The van der Waals surface area contributed by atoms with Gasteiger partial charge >= 0.3 is 5.97 Å². The molecule has 0 amide bonds. The van der Waals surface area contributed by atoms with E-state index in [2.05, 4.69) is 0 Å². The van der Waals surface area contributed by atoms with Gasteiger partial charge in [0.05, 0.1) is 20.5 Å². The third-order valence-corrected chi connectivity index (χ3v) is 2.76. The highest BCUT2D eigenvalue weighted by Crippen LogP contribution is 2.27. The molecule has 1 heterocycles. The quantitative estimate of drug-likeness (QED) is 0.604. The number of hydrogen-bond donors (Lipinski definition) is 0. The molecule has 0 N–H and O–H groups in total. The number of hydrogen-bond acceptors (Lipinski definition) is 5. The Morgan fingerprint density at radius 1 is 1.19 bits per heavy atom. The smallest absolute Gasteiger partial charge is 0.331 e. The van der Waals surface area contributed by atoms with Gasteiger partial charge in [-0.05, 0) is 35.9 Å². The molecule has 0 fully saturated rings. The van der Waals surface area contributed by atoms with Crippen LogP contribution in [0.5, 0.6) is 11.5 Å². The van der Waals surface area contributed by atoms with E-state index in [1.807, 2.05) is 6.07 Å². The van der Waals surface area contributed by atoms with E-state index in [-0.39, 0.29) is 6.61 Å². The maximum absolute atomic E-state index is 11.6. The van der Waals surface area contributed by atoms with E-state index in [0.29, 0.717) is 17.3 Å². The van der Waals surface area contributed by atoms with Gasteiger partial charge < -0.3 is 18.6 Å². The number of carbonyl (C=O) groups is 1. The Labute approximate surface area is 122 Å². The van der Waals surface area contributed by atoms with Crippen molar-refractivity contribution in [1.29, 1.82) is 0 Å². The summed E-state index contributed by atoms with van der Waals surface area (Å²) in [7, 11) is 3.12. The van der Waals surface area contributed by atoms with Crippen LogP contribution in [0.15, 0.2) is 47.1 Å². The molecule has 0 bridgehead atoms. The summed E-state index contributed by atoms with van der Waals surface area (Å²) in [6, 6.07) is 8.83. The molecule has 0 aliphatic rings. The Kier molecular flexibility index (Phi) is 5.04. The summed E-state index contributed by atoms with van der Waals surface area (Å²) < 4.78 is 20.5. The van der Waals surface area contributed by atoms with Crippen molar-refractivity contribution in [3.63, 3.8) is 0 Å². The zero-order chi connectivity index (χ0) is 15.1. The summed E-state index contributed by atoms with van der Waals surface area (Å²) in [5.74, 6) is 1.38. The molecule has 21 heavy (non-hydrogen) atoms. The number of rotatable bonds is 6. The summed E-state index contributed by atoms with van der Waals surface area (Å²) in [5, 5.41) is 0.